The molecule has 0 saturated carbocycles. The first-order valence-corrected chi connectivity index (χ1v) is 9.05. The smallest absolute Gasteiger partial charge is 0.127 e. The molecule has 6 heteroatoms. The number of halogens is 2. The van der Waals surface area contributed by atoms with Gasteiger partial charge in [-0.2, -0.15) is 23.5 Å². The molecule has 112 valence electrons. The first-order valence-electron chi connectivity index (χ1n) is 6.68. The van der Waals surface area contributed by atoms with Gasteiger partial charge in [-0.3, -0.25) is 11.3 Å². The second-order valence-electron chi connectivity index (χ2n) is 5.13. The van der Waals surface area contributed by atoms with E-state index in [2.05, 4.69) is 19.3 Å². The van der Waals surface area contributed by atoms with E-state index < -0.39 is 0 Å². The van der Waals surface area contributed by atoms with Gasteiger partial charge in [-0.1, -0.05) is 31.5 Å². The number of hydrogen-bond acceptors (Lipinski definition) is 4. The summed E-state index contributed by atoms with van der Waals surface area (Å²) in [6, 6.07) is 4.89. The summed E-state index contributed by atoms with van der Waals surface area (Å²) >= 11 is 9.69. The molecule has 1 saturated heterocycles. The Balaban J connectivity index is 2.05. The van der Waals surface area contributed by atoms with Gasteiger partial charge in [0.2, 0.25) is 0 Å². The average Bonchev–Trinajstić information content (AvgIpc) is 2.41. The SMILES string of the molecule is CC1SCC(C(Cc2ccc(Cl)cc2F)NN)SC1C. The molecule has 0 bridgehead atoms. The average molecular weight is 335 g/mol. The van der Waals surface area contributed by atoms with E-state index in [0.29, 0.717) is 32.8 Å². The monoisotopic (exact) mass is 334 g/mol. The zero-order valence-corrected chi connectivity index (χ0v) is 14.0. The molecule has 4 atom stereocenters. The Hall–Kier alpha value is 0.0600. The molecule has 2 rings (SSSR count). The predicted octanol–water partition coefficient (Wildman–Crippen LogP) is 3.48. The van der Waals surface area contributed by atoms with Gasteiger partial charge in [0.15, 0.2) is 0 Å². The van der Waals surface area contributed by atoms with Crippen molar-refractivity contribution in [2.75, 3.05) is 5.75 Å². The van der Waals surface area contributed by atoms with Crippen LogP contribution < -0.4 is 11.3 Å². The largest absolute Gasteiger partial charge is 0.271 e. The molecule has 0 aliphatic carbocycles. The van der Waals surface area contributed by atoms with Crippen LogP contribution in [0.15, 0.2) is 18.2 Å². The quantitative estimate of drug-likeness (QED) is 0.653. The van der Waals surface area contributed by atoms with Crippen LogP contribution in [0.2, 0.25) is 5.02 Å². The van der Waals surface area contributed by atoms with Gasteiger partial charge >= 0.3 is 0 Å². The van der Waals surface area contributed by atoms with Crippen LogP contribution in [0.4, 0.5) is 4.39 Å². The number of rotatable bonds is 4. The van der Waals surface area contributed by atoms with Crippen molar-refractivity contribution in [1.29, 1.82) is 0 Å². The van der Waals surface area contributed by atoms with E-state index in [1.807, 2.05) is 23.5 Å². The normalized spacial score (nSPS) is 28.4. The fraction of sp³-hybridized carbons (Fsp3) is 0.571. The third-order valence-corrected chi connectivity index (χ3v) is 7.48. The summed E-state index contributed by atoms with van der Waals surface area (Å²) in [5.41, 5.74) is 3.52. The zero-order valence-electron chi connectivity index (χ0n) is 11.6. The highest BCUT2D eigenvalue weighted by molar-refractivity contribution is 8.07. The van der Waals surface area contributed by atoms with Crippen LogP contribution in [0, 0.1) is 5.82 Å². The molecular formula is C14H20ClFN2S2. The zero-order chi connectivity index (χ0) is 14.7. The van der Waals surface area contributed by atoms with Gasteiger partial charge in [0.25, 0.3) is 0 Å². The van der Waals surface area contributed by atoms with Crippen LogP contribution >= 0.6 is 35.1 Å². The molecule has 20 heavy (non-hydrogen) atoms. The number of thioether (sulfide) groups is 2. The molecule has 0 amide bonds. The van der Waals surface area contributed by atoms with Crippen molar-refractivity contribution >= 4 is 35.1 Å². The van der Waals surface area contributed by atoms with Crippen molar-refractivity contribution in [2.45, 2.75) is 42.1 Å². The molecule has 1 aromatic carbocycles. The summed E-state index contributed by atoms with van der Waals surface area (Å²) in [6.07, 6.45) is 0.582. The molecular weight excluding hydrogens is 315 g/mol. The van der Waals surface area contributed by atoms with Crippen molar-refractivity contribution in [2.24, 2.45) is 5.84 Å². The fourth-order valence-corrected chi connectivity index (χ4v) is 5.51. The second-order valence-corrected chi connectivity index (χ2v) is 8.60. The highest BCUT2D eigenvalue weighted by Gasteiger charge is 2.31. The maximum Gasteiger partial charge on any atom is 0.127 e. The van der Waals surface area contributed by atoms with Crippen LogP contribution in [0.3, 0.4) is 0 Å². The lowest BCUT2D eigenvalue weighted by Gasteiger charge is -2.35. The second kappa shape index (κ2) is 7.36. The van der Waals surface area contributed by atoms with Gasteiger partial charge in [-0.25, -0.2) is 4.39 Å². The Labute approximate surface area is 133 Å². The van der Waals surface area contributed by atoms with Crippen molar-refractivity contribution < 1.29 is 4.39 Å². The predicted molar refractivity (Wildman–Crippen MR) is 89.0 cm³/mol. The van der Waals surface area contributed by atoms with Gasteiger partial charge < -0.3 is 0 Å². The Morgan fingerprint density at radius 2 is 2.20 bits per heavy atom. The third kappa shape index (κ3) is 4.04. The van der Waals surface area contributed by atoms with Crippen LogP contribution in [-0.4, -0.2) is 27.5 Å². The minimum atomic E-state index is -0.257. The number of nitrogens with two attached hydrogens (primary N) is 1. The molecule has 0 aromatic heterocycles. The fourth-order valence-electron chi connectivity index (χ4n) is 2.24. The number of nitrogens with one attached hydrogen (secondary N) is 1. The first-order chi connectivity index (χ1) is 9.51. The van der Waals surface area contributed by atoms with Crippen LogP contribution in [0.1, 0.15) is 19.4 Å². The number of hydrazine groups is 1. The maximum absolute atomic E-state index is 13.9. The lowest BCUT2D eigenvalue weighted by molar-refractivity contribution is 0.505. The lowest BCUT2D eigenvalue weighted by atomic mass is 10.0. The molecule has 1 aliphatic rings. The molecule has 1 aromatic rings. The summed E-state index contributed by atoms with van der Waals surface area (Å²) in [5.74, 6) is 6.48. The summed E-state index contributed by atoms with van der Waals surface area (Å²) in [4.78, 5) is 0. The van der Waals surface area contributed by atoms with E-state index in [0.717, 1.165) is 5.75 Å². The van der Waals surface area contributed by atoms with E-state index in [4.69, 9.17) is 17.4 Å². The van der Waals surface area contributed by atoms with Crippen molar-refractivity contribution in [1.82, 2.24) is 5.43 Å². The molecule has 1 heterocycles. The van der Waals surface area contributed by atoms with E-state index in [9.17, 15) is 4.39 Å². The van der Waals surface area contributed by atoms with Crippen LogP contribution in [0.5, 0.6) is 0 Å². The highest BCUT2D eigenvalue weighted by Crippen LogP contribution is 2.37. The van der Waals surface area contributed by atoms with Gasteiger partial charge in [-0.05, 0) is 24.1 Å². The van der Waals surface area contributed by atoms with E-state index in [-0.39, 0.29) is 11.9 Å². The van der Waals surface area contributed by atoms with Gasteiger partial charge in [0, 0.05) is 32.6 Å². The minimum Gasteiger partial charge on any atom is -0.271 e. The molecule has 1 fully saturated rings. The van der Waals surface area contributed by atoms with Crippen molar-refractivity contribution in [3.05, 3.63) is 34.6 Å². The van der Waals surface area contributed by atoms with E-state index in [1.54, 1.807) is 12.1 Å². The van der Waals surface area contributed by atoms with Crippen molar-refractivity contribution in [3.63, 3.8) is 0 Å². The first kappa shape index (κ1) is 16.4. The maximum atomic E-state index is 13.9. The molecule has 3 N–H and O–H groups in total. The highest BCUT2D eigenvalue weighted by atomic mass is 35.5. The molecule has 4 unspecified atom stereocenters. The van der Waals surface area contributed by atoms with E-state index >= 15 is 0 Å². The molecule has 2 nitrogen and oxygen atoms in total. The van der Waals surface area contributed by atoms with Crippen LogP contribution in [-0.2, 0) is 6.42 Å². The molecule has 0 spiro atoms. The summed E-state index contributed by atoms with van der Waals surface area (Å²) in [6.45, 7) is 4.49. The number of hydrogen-bond donors (Lipinski definition) is 2. The van der Waals surface area contributed by atoms with Gasteiger partial charge in [-0.15, -0.1) is 0 Å². The topological polar surface area (TPSA) is 38.0 Å². The Kier molecular flexibility index (Phi) is 6.05. The summed E-state index contributed by atoms with van der Waals surface area (Å²) < 4.78 is 13.9. The molecule has 1 aliphatic heterocycles. The van der Waals surface area contributed by atoms with Crippen LogP contribution in [0.25, 0.3) is 0 Å². The van der Waals surface area contributed by atoms with E-state index in [1.165, 1.54) is 6.07 Å². The third-order valence-electron chi connectivity index (χ3n) is 3.69. The van der Waals surface area contributed by atoms with Crippen molar-refractivity contribution in [3.8, 4) is 0 Å². The standard InChI is InChI=1S/C14H20ClFN2S2/c1-8-9(2)20-14(7-19-8)13(18-17)5-10-3-4-11(15)6-12(10)16/h3-4,6,8-9,13-14,18H,5,7,17H2,1-2H3. The minimum absolute atomic E-state index is 0.0677. The van der Waals surface area contributed by atoms with Gasteiger partial charge in [0.1, 0.15) is 5.82 Å². The lowest BCUT2D eigenvalue weighted by Crippen LogP contribution is -2.47. The summed E-state index contributed by atoms with van der Waals surface area (Å²) in [5, 5.41) is 2.06. The Morgan fingerprint density at radius 1 is 1.45 bits per heavy atom. The molecule has 0 radical (unpaired) electrons. The van der Waals surface area contributed by atoms with Gasteiger partial charge in [0.05, 0.1) is 0 Å². The summed E-state index contributed by atoms with van der Waals surface area (Å²) in [7, 11) is 0. The Bertz CT molecular complexity index is 461. The number of benzene rings is 1. The Morgan fingerprint density at radius 3 is 2.80 bits per heavy atom.